The molecule has 8 nitrogen and oxygen atoms in total. The molecule has 9 heteroatoms. The summed E-state index contributed by atoms with van der Waals surface area (Å²) < 4.78 is 4.93. The van der Waals surface area contributed by atoms with Crippen LogP contribution >= 0.6 is 12.4 Å². The Morgan fingerprint density at radius 3 is 2.12 bits per heavy atom. The number of carboxylic acid groups (broad SMARTS) is 1. The van der Waals surface area contributed by atoms with Gasteiger partial charge in [-0.25, -0.2) is 4.79 Å². The lowest BCUT2D eigenvalue weighted by atomic mass is 10.2. The number of carbonyl (C=O) groups excluding carboxylic acids is 2. The van der Waals surface area contributed by atoms with Crippen molar-refractivity contribution in [2.45, 2.75) is 32.5 Å². The molecule has 2 atom stereocenters. The normalized spacial score (nSPS) is 11.6. The Morgan fingerprint density at radius 2 is 1.72 bits per heavy atom. The Balaban J connectivity index is 0. The van der Waals surface area contributed by atoms with Gasteiger partial charge < -0.3 is 25.8 Å². The van der Waals surface area contributed by atoms with Crippen molar-refractivity contribution in [3.63, 3.8) is 0 Å². The van der Waals surface area contributed by atoms with Crippen molar-refractivity contribution < 1.29 is 24.2 Å². The smallest absolute Gasteiger partial charge is 0.325 e. The van der Waals surface area contributed by atoms with Crippen LogP contribution in [0.1, 0.15) is 19.4 Å². The van der Waals surface area contributed by atoms with Crippen LogP contribution in [-0.4, -0.2) is 54.2 Å². The quantitative estimate of drug-likeness (QED) is 0.665. The summed E-state index contributed by atoms with van der Waals surface area (Å²) >= 11 is 0. The van der Waals surface area contributed by atoms with Crippen molar-refractivity contribution in [3.8, 4) is 0 Å². The Labute approximate surface area is 153 Å². The maximum absolute atomic E-state index is 11.0. The number of nitrogens with one attached hydrogen (secondary N) is 1. The zero-order chi connectivity index (χ0) is 18.7. The molecule has 25 heavy (non-hydrogen) atoms. The van der Waals surface area contributed by atoms with Gasteiger partial charge in [-0.05, 0) is 19.4 Å². The summed E-state index contributed by atoms with van der Waals surface area (Å²) in [7, 11) is 3.09. The second-order valence-electron chi connectivity index (χ2n) is 5.29. The standard InChI is InChI=1S/C10H13NO2.C6H12N2O3.ClH/c1-8(11)10(12)13-7-9-5-3-2-4-6-9;1-4(5(9)10)7-6(11)8(2)3;/h2-6,8H,7,11H2,1H3;4H,1-3H3,(H,7,11)(H,9,10);1H/t;4-;/m.0./s1. The number of carboxylic acids is 1. The first-order valence-corrected chi connectivity index (χ1v) is 7.32. The van der Waals surface area contributed by atoms with Crippen molar-refractivity contribution in [2.24, 2.45) is 5.73 Å². The number of nitrogens with two attached hydrogens (primary N) is 1. The third-order valence-corrected chi connectivity index (χ3v) is 2.71. The number of ether oxygens (including phenoxy) is 1. The summed E-state index contributed by atoms with van der Waals surface area (Å²) in [6, 6.07) is 7.71. The first-order valence-electron chi connectivity index (χ1n) is 7.32. The van der Waals surface area contributed by atoms with Gasteiger partial charge >= 0.3 is 18.0 Å². The largest absolute Gasteiger partial charge is 0.480 e. The summed E-state index contributed by atoms with van der Waals surface area (Å²) in [6.45, 7) is 3.30. The predicted octanol–water partition coefficient (Wildman–Crippen LogP) is 1.23. The van der Waals surface area contributed by atoms with E-state index in [9.17, 15) is 14.4 Å². The summed E-state index contributed by atoms with van der Waals surface area (Å²) in [5.41, 5.74) is 6.29. The molecule has 142 valence electrons. The number of esters is 1. The Kier molecular flexibility index (Phi) is 13.0. The molecule has 1 rings (SSSR count). The van der Waals surface area contributed by atoms with Crippen molar-refractivity contribution >= 4 is 30.4 Å². The fraction of sp³-hybridized carbons (Fsp3) is 0.438. The Morgan fingerprint density at radius 1 is 1.20 bits per heavy atom. The molecule has 1 aromatic rings. The monoisotopic (exact) mass is 375 g/mol. The number of hydrogen-bond acceptors (Lipinski definition) is 5. The molecule has 2 amide bonds. The van der Waals surface area contributed by atoms with E-state index in [1.54, 1.807) is 21.0 Å². The maximum atomic E-state index is 11.0. The molecule has 0 aliphatic heterocycles. The number of rotatable bonds is 5. The van der Waals surface area contributed by atoms with Gasteiger partial charge in [0.1, 0.15) is 18.7 Å². The summed E-state index contributed by atoms with van der Waals surface area (Å²) in [5.74, 6) is -1.41. The highest BCUT2D eigenvalue weighted by atomic mass is 35.5. The minimum atomic E-state index is -1.04. The number of halogens is 1. The maximum Gasteiger partial charge on any atom is 0.325 e. The second kappa shape index (κ2) is 13.0. The number of benzene rings is 1. The van der Waals surface area contributed by atoms with Crippen LogP contribution in [0.5, 0.6) is 0 Å². The SMILES string of the molecule is CC(N)C(=O)OCc1ccccc1.C[C@H](NC(=O)N(C)C)C(=O)O.Cl. The first kappa shape index (κ1) is 24.9. The van der Waals surface area contributed by atoms with Crippen LogP contribution in [-0.2, 0) is 20.9 Å². The van der Waals surface area contributed by atoms with Gasteiger partial charge in [-0.1, -0.05) is 30.3 Å². The lowest BCUT2D eigenvalue weighted by Crippen LogP contribution is -2.43. The molecule has 0 radical (unpaired) electrons. The molecule has 0 saturated carbocycles. The predicted molar refractivity (Wildman–Crippen MR) is 96.5 cm³/mol. The average Bonchev–Trinajstić information content (AvgIpc) is 2.53. The van der Waals surface area contributed by atoms with E-state index in [4.69, 9.17) is 15.6 Å². The molecule has 1 unspecified atom stereocenters. The second-order valence-corrected chi connectivity index (χ2v) is 5.29. The highest BCUT2D eigenvalue weighted by Gasteiger charge is 2.14. The molecule has 0 fully saturated rings. The minimum absolute atomic E-state index is 0. The molecule has 0 aliphatic rings. The van der Waals surface area contributed by atoms with Crippen molar-refractivity contribution in [3.05, 3.63) is 35.9 Å². The molecule has 0 saturated heterocycles. The Hall–Kier alpha value is -2.32. The van der Waals surface area contributed by atoms with E-state index in [-0.39, 0.29) is 18.4 Å². The van der Waals surface area contributed by atoms with Crippen LogP contribution in [0.25, 0.3) is 0 Å². The molecule has 0 heterocycles. The van der Waals surface area contributed by atoms with Gasteiger partial charge in [-0.2, -0.15) is 0 Å². The highest BCUT2D eigenvalue weighted by Crippen LogP contribution is 2.00. The summed E-state index contributed by atoms with van der Waals surface area (Å²) in [4.78, 5) is 33.3. The number of aliphatic carboxylic acids is 1. The van der Waals surface area contributed by atoms with Crippen LogP contribution in [0.2, 0.25) is 0 Å². The third kappa shape index (κ3) is 11.8. The van der Waals surface area contributed by atoms with Gasteiger partial charge in [0, 0.05) is 14.1 Å². The summed E-state index contributed by atoms with van der Waals surface area (Å²) in [6.07, 6.45) is 0. The number of urea groups is 1. The minimum Gasteiger partial charge on any atom is -0.480 e. The van der Waals surface area contributed by atoms with Gasteiger partial charge in [0.15, 0.2) is 0 Å². The molecule has 0 spiro atoms. The third-order valence-electron chi connectivity index (χ3n) is 2.71. The lowest BCUT2D eigenvalue weighted by Gasteiger charge is -2.14. The number of amides is 2. The molecule has 0 bridgehead atoms. The van der Waals surface area contributed by atoms with Gasteiger partial charge in [0.05, 0.1) is 0 Å². The van der Waals surface area contributed by atoms with E-state index in [0.717, 1.165) is 5.56 Å². The van der Waals surface area contributed by atoms with Crippen molar-refractivity contribution in [1.82, 2.24) is 10.2 Å². The van der Waals surface area contributed by atoms with Crippen molar-refractivity contribution in [2.75, 3.05) is 14.1 Å². The molecular formula is C16H26ClN3O5. The topological polar surface area (TPSA) is 122 Å². The van der Waals surface area contributed by atoms with Gasteiger partial charge in [-0.3, -0.25) is 9.59 Å². The number of hydrogen-bond donors (Lipinski definition) is 3. The van der Waals surface area contributed by atoms with Crippen LogP contribution in [0.3, 0.4) is 0 Å². The van der Waals surface area contributed by atoms with Crippen LogP contribution in [0.15, 0.2) is 30.3 Å². The van der Waals surface area contributed by atoms with E-state index in [1.165, 1.54) is 11.8 Å². The molecule has 0 aliphatic carbocycles. The van der Waals surface area contributed by atoms with E-state index >= 15 is 0 Å². The Bertz CT molecular complexity index is 538. The molecule has 0 aromatic heterocycles. The summed E-state index contributed by atoms with van der Waals surface area (Å²) in [5, 5.41) is 10.6. The van der Waals surface area contributed by atoms with Crippen LogP contribution < -0.4 is 11.1 Å². The highest BCUT2D eigenvalue weighted by molar-refractivity contribution is 5.85. The van der Waals surface area contributed by atoms with Gasteiger partial charge in [0.25, 0.3) is 0 Å². The lowest BCUT2D eigenvalue weighted by molar-refractivity contribution is -0.146. The van der Waals surface area contributed by atoms with Crippen LogP contribution in [0.4, 0.5) is 4.79 Å². The van der Waals surface area contributed by atoms with Gasteiger partial charge in [-0.15, -0.1) is 12.4 Å². The van der Waals surface area contributed by atoms with Crippen LogP contribution in [0, 0.1) is 0 Å². The molecular weight excluding hydrogens is 350 g/mol. The van der Waals surface area contributed by atoms with E-state index in [1.807, 2.05) is 30.3 Å². The molecule has 1 aromatic carbocycles. The van der Waals surface area contributed by atoms with Gasteiger partial charge in [0.2, 0.25) is 0 Å². The number of nitrogens with zero attached hydrogens (tertiary/aromatic N) is 1. The molecule has 4 N–H and O–H groups in total. The fourth-order valence-electron chi connectivity index (χ4n) is 1.24. The zero-order valence-electron chi connectivity index (χ0n) is 14.8. The van der Waals surface area contributed by atoms with Crippen molar-refractivity contribution in [1.29, 1.82) is 0 Å². The fourth-order valence-corrected chi connectivity index (χ4v) is 1.24. The van der Waals surface area contributed by atoms with E-state index < -0.39 is 24.1 Å². The average molecular weight is 376 g/mol. The van der Waals surface area contributed by atoms with E-state index in [2.05, 4.69) is 5.32 Å². The number of carbonyl (C=O) groups is 3. The van der Waals surface area contributed by atoms with E-state index in [0.29, 0.717) is 6.61 Å². The zero-order valence-corrected chi connectivity index (χ0v) is 15.6. The first-order chi connectivity index (χ1) is 11.1.